The molecule has 23 heavy (non-hydrogen) atoms. The summed E-state index contributed by atoms with van der Waals surface area (Å²) in [6.07, 6.45) is 1.82. The number of aromatic amines is 1. The van der Waals surface area contributed by atoms with E-state index in [0.29, 0.717) is 6.04 Å². The molecule has 1 aliphatic heterocycles. The summed E-state index contributed by atoms with van der Waals surface area (Å²) in [7, 11) is 0. The van der Waals surface area contributed by atoms with Crippen LogP contribution in [0, 0.1) is 5.82 Å². The lowest BCUT2D eigenvalue weighted by Crippen LogP contribution is -2.46. The number of nitrogens with zero attached hydrogens (tertiary/aromatic N) is 2. The van der Waals surface area contributed by atoms with Gasteiger partial charge in [0.05, 0.1) is 25.1 Å². The number of benzene rings is 1. The van der Waals surface area contributed by atoms with Crippen molar-refractivity contribution in [3.05, 3.63) is 41.8 Å². The first kappa shape index (κ1) is 16.1. The van der Waals surface area contributed by atoms with E-state index < -0.39 is 0 Å². The highest BCUT2D eigenvalue weighted by Crippen LogP contribution is 2.21. The van der Waals surface area contributed by atoms with Gasteiger partial charge in [-0.2, -0.15) is 5.10 Å². The molecular weight excluding hydrogens is 295 g/mol. The Morgan fingerprint density at radius 3 is 2.78 bits per heavy atom. The predicted molar refractivity (Wildman–Crippen MR) is 87.5 cm³/mol. The molecular formula is C17H23FN4O. The maximum Gasteiger partial charge on any atom is 0.123 e. The first-order valence-corrected chi connectivity index (χ1v) is 8.05. The number of hydrogen-bond acceptors (Lipinski definition) is 4. The monoisotopic (exact) mass is 318 g/mol. The van der Waals surface area contributed by atoms with Crippen LogP contribution in [0.2, 0.25) is 0 Å². The molecule has 5 nitrogen and oxygen atoms in total. The highest BCUT2D eigenvalue weighted by atomic mass is 19.1. The zero-order valence-electron chi connectivity index (χ0n) is 13.4. The van der Waals surface area contributed by atoms with Gasteiger partial charge in [0.2, 0.25) is 0 Å². The van der Waals surface area contributed by atoms with Gasteiger partial charge in [-0.3, -0.25) is 10.00 Å². The van der Waals surface area contributed by atoms with Crippen LogP contribution in [0.1, 0.15) is 12.5 Å². The second-order valence-electron chi connectivity index (χ2n) is 5.91. The maximum absolute atomic E-state index is 13.0. The van der Waals surface area contributed by atoms with Crippen molar-refractivity contribution in [2.24, 2.45) is 0 Å². The Hall–Kier alpha value is -1.76. The van der Waals surface area contributed by atoms with E-state index in [0.717, 1.165) is 56.2 Å². The average molecular weight is 318 g/mol. The molecule has 2 heterocycles. The van der Waals surface area contributed by atoms with Crippen molar-refractivity contribution in [2.45, 2.75) is 19.5 Å². The van der Waals surface area contributed by atoms with Crippen molar-refractivity contribution in [2.75, 3.05) is 32.8 Å². The molecule has 0 saturated carbocycles. The Morgan fingerprint density at radius 1 is 1.30 bits per heavy atom. The normalized spacial score (nSPS) is 17.3. The van der Waals surface area contributed by atoms with Crippen molar-refractivity contribution >= 4 is 0 Å². The van der Waals surface area contributed by atoms with Crippen LogP contribution in [0.15, 0.2) is 30.5 Å². The predicted octanol–water partition coefficient (Wildman–Crippen LogP) is 2.03. The van der Waals surface area contributed by atoms with Crippen LogP contribution in [0.25, 0.3) is 11.3 Å². The summed E-state index contributed by atoms with van der Waals surface area (Å²) < 4.78 is 18.4. The van der Waals surface area contributed by atoms with Crippen molar-refractivity contribution in [3.8, 4) is 11.3 Å². The van der Waals surface area contributed by atoms with Crippen LogP contribution in [0.3, 0.4) is 0 Å². The lowest BCUT2D eigenvalue weighted by Gasteiger charge is -2.32. The van der Waals surface area contributed by atoms with Crippen LogP contribution < -0.4 is 5.32 Å². The molecule has 3 rings (SSSR count). The van der Waals surface area contributed by atoms with Gasteiger partial charge in [-0.25, -0.2) is 4.39 Å². The average Bonchev–Trinajstić information content (AvgIpc) is 3.05. The van der Waals surface area contributed by atoms with Crippen molar-refractivity contribution in [1.29, 1.82) is 0 Å². The summed E-state index contributed by atoms with van der Waals surface area (Å²) in [6, 6.07) is 6.94. The van der Waals surface area contributed by atoms with E-state index in [1.165, 1.54) is 12.1 Å². The van der Waals surface area contributed by atoms with Gasteiger partial charge in [0.1, 0.15) is 5.82 Å². The molecule has 0 unspecified atom stereocenters. The molecule has 0 spiro atoms. The van der Waals surface area contributed by atoms with E-state index in [1.54, 1.807) is 12.1 Å². The molecule has 1 aromatic carbocycles. The minimum Gasteiger partial charge on any atom is -0.379 e. The van der Waals surface area contributed by atoms with E-state index in [-0.39, 0.29) is 5.82 Å². The third-order valence-electron chi connectivity index (χ3n) is 4.27. The Kier molecular flexibility index (Phi) is 5.38. The Labute approximate surface area is 135 Å². The summed E-state index contributed by atoms with van der Waals surface area (Å²) >= 11 is 0. The molecule has 1 aliphatic rings. The number of H-pyrrole nitrogens is 1. The SMILES string of the molecule is C[C@@H](CNCc1cn[nH]c1-c1ccc(F)cc1)N1CCOCC1. The van der Waals surface area contributed by atoms with Crippen molar-refractivity contribution < 1.29 is 9.13 Å². The van der Waals surface area contributed by atoms with E-state index in [2.05, 4.69) is 27.3 Å². The molecule has 0 bridgehead atoms. The van der Waals surface area contributed by atoms with Crippen LogP contribution in [-0.4, -0.2) is 54.0 Å². The summed E-state index contributed by atoms with van der Waals surface area (Å²) in [5, 5.41) is 10.6. The Bertz CT molecular complexity index is 607. The second-order valence-corrected chi connectivity index (χ2v) is 5.91. The molecule has 1 aromatic heterocycles. The van der Waals surface area contributed by atoms with Crippen molar-refractivity contribution in [1.82, 2.24) is 20.4 Å². The summed E-state index contributed by atoms with van der Waals surface area (Å²) in [6.45, 7) is 7.51. The van der Waals surface area contributed by atoms with Gasteiger partial charge in [-0.1, -0.05) is 0 Å². The highest BCUT2D eigenvalue weighted by molar-refractivity contribution is 5.62. The molecule has 1 fully saturated rings. The van der Waals surface area contributed by atoms with Gasteiger partial charge in [0.15, 0.2) is 0 Å². The summed E-state index contributed by atoms with van der Waals surface area (Å²) in [5.74, 6) is -0.229. The Balaban J connectivity index is 1.54. The maximum atomic E-state index is 13.0. The zero-order valence-corrected chi connectivity index (χ0v) is 13.4. The summed E-state index contributed by atoms with van der Waals surface area (Å²) in [5.41, 5.74) is 2.98. The summed E-state index contributed by atoms with van der Waals surface area (Å²) in [4.78, 5) is 2.44. The van der Waals surface area contributed by atoms with E-state index >= 15 is 0 Å². The first-order chi connectivity index (χ1) is 11.2. The fourth-order valence-electron chi connectivity index (χ4n) is 2.87. The van der Waals surface area contributed by atoms with Gasteiger partial charge in [-0.05, 0) is 31.2 Å². The van der Waals surface area contributed by atoms with Crippen LogP contribution in [-0.2, 0) is 11.3 Å². The fourth-order valence-corrected chi connectivity index (χ4v) is 2.87. The minimum absolute atomic E-state index is 0.229. The number of halogens is 1. The lowest BCUT2D eigenvalue weighted by atomic mass is 10.1. The van der Waals surface area contributed by atoms with Crippen LogP contribution in [0.4, 0.5) is 4.39 Å². The number of morpholine rings is 1. The fraction of sp³-hybridized carbons (Fsp3) is 0.471. The largest absolute Gasteiger partial charge is 0.379 e. The molecule has 1 saturated heterocycles. The number of ether oxygens (including phenoxy) is 1. The number of nitrogens with one attached hydrogen (secondary N) is 2. The molecule has 2 aromatic rings. The first-order valence-electron chi connectivity index (χ1n) is 8.05. The van der Waals surface area contributed by atoms with E-state index in [4.69, 9.17) is 4.74 Å². The van der Waals surface area contributed by atoms with Gasteiger partial charge < -0.3 is 10.1 Å². The molecule has 124 valence electrons. The number of aromatic nitrogens is 2. The molecule has 2 N–H and O–H groups in total. The number of hydrogen-bond donors (Lipinski definition) is 2. The third kappa shape index (κ3) is 4.16. The topological polar surface area (TPSA) is 53.2 Å². The van der Waals surface area contributed by atoms with Gasteiger partial charge in [0, 0.05) is 43.3 Å². The Morgan fingerprint density at radius 2 is 2.04 bits per heavy atom. The molecule has 0 amide bonds. The van der Waals surface area contributed by atoms with Gasteiger partial charge in [-0.15, -0.1) is 0 Å². The van der Waals surface area contributed by atoms with Crippen molar-refractivity contribution in [3.63, 3.8) is 0 Å². The second kappa shape index (κ2) is 7.68. The van der Waals surface area contributed by atoms with Crippen LogP contribution >= 0.6 is 0 Å². The quantitative estimate of drug-likeness (QED) is 0.856. The minimum atomic E-state index is -0.229. The smallest absolute Gasteiger partial charge is 0.123 e. The zero-order chi connectivity index (χ0) is 16.1. The van der Waals surface area contributed by atoms with Gasteiger partial charge >= 0.3 is 0 Å². The van der Waals surface area contributed by atoms with Crippen LogP contribution in [0.5, 0.6) is 0 Å². The molecule has 6 heteroatoms. The number of rotatable bonds is 6. The lowest BCUT2D eigenvalue weighted by molar-refractivity contribution is 0.0203. The van der Waals surface area contributed by atoms with E-state index in [1.807, 2.05) is 6.20 Å². The third-order valence-corrected chi connectivity index (χ3v) is 4.27. The molecule has 0 radical (unpaired) electrons. The molecule has 0 aliphatic carbocycles. The van der Waals surface area contributed by atoms with Gasteiger partial charge in [0.25, 0.3) is 0 Å². The highest BCUT2D eigenvalue weighted by Gasteiger charge is 2.16. The van der Waals surface area contributed by atoms with E-state index in [9.17, 15) is 4.39 Å². The molecule has 1 atom stereocenters. The standard InChI is InChI=1S/C17H23FN4O/c1-13(22-6-8-23-9-7-22)10-19-11-15-12-20-21-17(15)14-2-4-16(18)5-3-14/h2-5,12-13,19H,6-11H2,1H3,(H,20,21)/t13-/m0/s1.